The maximum atomic E-state index is 11.9. The Morgan fingerprint density at radius 2 is 2.31 bits per heavy atom. The fourth-order valence-electron chi connectivity index (χ4n) is 2.08. The highest BCUT2D eigenvalue weighted by atomic mass is 32.1. The summed E-state index contributed by atoms with van der Waals surface area (Å²) in [5.41, 5.74) is 1.33. The van der Waals surface area contributed by atoms with Crippen molar-refractivity contribution in [3.05, 3.63) is 21.4 Å². The minimum atomic E-state index is 0.0298. The smallest absolute Gasteiger partial charge is 0.240 e. The van der Waals surface area contributed by atoms with Gasteiger partial charge < -0.3 is 10.2 Å². The maximum absolute atomic E-state index is 11.9. The number of likely N-dealkylation sites (tertiary alicyclic amines) is 1. The predicted molar refractivity (Wildman–Crippen MR) is 66.7 cm³/mol. The maximum Gasteiger partial charge on any atom is 0.240 e. The molecule has 1 aliphatic heterocycles. The van der Waals surface area contributed by atoms with Crippen LogP contribution in [0.1, 0.15) is 21.7 Å². The molecule has 1 aliphatic rings. The van der Waals surface area contributed by atoms with Crippen LogP contribution in [0.4, 0.5) is 0 Å². The normalized spacial score (nSPS) is 20.8. The van der Waals surface area contributed by atoms with E-state index in [0.29, 0.717) is 0 Å². The Morgan fingerprint density at radius 1 is 1.56 bits per heavy atom. The van der Waals surface area contributed by atoms with Crippen LogP contribution < -0.4 is 5.32 Å². The number of nitrogens with zero attached hydrogens (tertiary/aromatic N) is 1. The number of thiophene rings is 1. The minimum absolute atomic E-state index is 0.0298. The molecule has 1 atom stereocenters. The molecule has 2 rings (SSSR count). The fourth-order valence-corrected chi connectivity index (χ4v) is 3.15. The largest absolute Gasteiger partial charge is 0.336 e. The second kappa shape index (κ2) is 4.55. The molecule has 0 aromatic carbocycles. The van der Waals surface area contributed by atoms with E-state index in [1.54, 1.807) is 11.3 Å². The molecule has 1 fully saturated rings. The molecule has 3 nitrogen and oxygen atoms in total. The standard InChI is InChI=1S/C12H18N2OS/c1-8-6-10(16-9(8)2)7-14-5-4-11(13-3)12(14)15/h6,11,13H,4-5,7H2,1-3H3. The number of carbonyl (C=O) groups is 1. The molecule has 1 unspecified atom stereocenters. The van der Waals surface area contributed by atoms with E-state index in [2.05, 4.69) is 25.2 Å². The Hall–Kier alpha value is -0.870. The first-order chi connectivity index (χ1) is 7.61. The van der Waals surface area contributed by atoms with Crippen molar-refractivity contribution in [3.63, 3.8) is 0 Å². The summed E-state index contributed by atoms with van der Waals surface area (Å²) in [5, 5.41) is 3.06. The predicted octanol–water partition coefficient (Wildman–Crippen LogP) is 1.69. The number of hydrogen-bond donors (Lipinski definition) is 1. The molecule has 1 aromatic rings. The van der Waals surface area contributed by atoms with Gasteiger partial charge in [0.2, 0.25) is 5.91 Å². The Balaban J connectivity index is 2.03. The van der Waals surface area contributed by atoms with E-state index in [-0.39, 0.29) is 11.9 Å². The van der Waals surface area contributed by atoms with Crippen molar-refractivity contribution >= 4 is 17.2 Å². The van der Waals surface area contributed by atoms with Crippen LogP contribution in [0.15, 0.2) is 6.07 Å². The van der Waals surface area contributed by atoms with E-state index >= 15 is 0 Å². The lowest BCUT2D eigenvalue weighted by Gasteiger charge is -2.15. The topological polar surface area (TPSA) is 32.3 Å². The molecule has 1 amide bonds. The lowest BCUT2D eigenvalue weighted by atomic mass is 10.2. The third kappa shape index (κ3) is 2.13. The molecule has 1 aromatic heterocycles. The van der Waals surface area contributed by atoms with Crippen LogP contribution in [0.3, 0.4) is 0 Å². The van der Waals surface area contributed by atoms with Gasteiger partial charge in [0.1, 0.15) is 0 Å². The van der Waals surface area contributed by atoms with Gasteiger partial charge in [0, 0.05) is 16.3 Å². The van der Waals surface area contributed by atoms with Gasteiger partial charge in [-0.25, -0.2) is 0 Å². The van der Waals surface area contributed by atoms with Crippen molar-refractivity contribution in [2.75, 3.05) is 13.6 Å². The van der Waals surface area contributed by atoms with E-state index < -0.39 is 0 Å². The lowest BCUT2D eigenvalue weighted by molar-refractivity contribution is -0.129. The second-order valence-corrected chi connectivity index (χ2v) is 5.68. The summed E-state index contributed by atoms with van der Waals surface area (Å²) in [5.74, 6) is 0.242. The third-order valence-electron chi connectivity index (χ3n) is 3.21. The summed E-state index contributed by atoms with van der Waals surface area (Å²) in [4.78, 5) is 16.5. The zero-order valence-electron chi connectivity index (χ0n) is 10.0. The molecule has 1 saturated heterocycles. The number of hydrogen-bond acceptors (Lipinski definition) is 3. The highest BCUT2D eigenvalue weighted by molar-refractivity contribution is 7.12. The van der Waals surface area contributed by atoms with Crippen LogP contribution in [0.5, 0.6) is 0 Å². The average Bonchev–Trinajstić information content (AvgIpc) is 2.74. The van der Waals surface area contributed by atoms with Crippen LogP contribution in [0.2, 0.25) is 0 Å². The van der Waals surface area contributed by atoms with Gasteiger partial charge in [-0.15, -0.1) is 11.3 Å². The van der Waals surface area contributed by atoms with Gasteiger partial charge in [-0.05, 0) is 38.9 Å². The third-order valence-corrected chi connectivity index (χ3v) is 4.35. The molecule has 0 radical (unpaired) electrons. The van der Waals surface area contributed by atoms with Crippen LogP contribution >= 0.6 is 11.3 Å². The van der Waals surface area contributed by atoms with Gasteiger partial charge in [0.25, 0.3) is 0 Å². The van der Waals surface area contributed by atoms with Gasteiger partial charge in [-0.2, -0.15) is 0 Å². The number of aryl methyl sites for hydroxylation is 2. The Kier molecular flexibility index (Phi) is 3.30. The number of carbonyl (C=O) groups excluding carboxylic acids is 1. The van der Waals surface area contributed by atoms with E-state index in [1.807, 2.05) is 11.9 Å². The van der Waals surface area contributed by atoms with E-state index in [4.69, 9.17) is 0 Å². The first-order valence-electron chi connectivity index (χ1n) is 5.63. The summed E-state index contributed by atoms with van der Waals surface area (Å²) in [6.45, 7) is 5.90. The van der Waals surface area contributed by atoms with Gasteiger partial charge in [-0.3, -0.25) is 4.79 Å². The summed E-state index contributed by atoms with van der Waals surface area (Å²) in [6, 6.07) is 2.22. The van der Waals surface area contributed by atoms with Gasteiger partial charge in [0.15, 0.2) is 0 Å². The molecule has 16 heavy (non-hydrogen) atoms. The Morgan fingerprint density at radius 3 is 2.81 bits per heavy atom. The molecule has 1 N–H and O–H groups in total. The Bertz CT molecular complexity index is 380. The zero-order chi connectivity index (χ0) is 11.7. The van der Waals surface area contributed by atoms with Crippen LogP contribution in [0.25, 0.3) is 0 Å². The highest BCUT2D eigenvalue weighted by Crippen LogP contribution is 2.23. The molecule has 0 spiro atoms. The van der Waals surface area contributed by atoms with Crippen LogP contribution in [-0.2, 0) is 11.3 Å². The SMILES string of the molecule is CNC1CCN(Cc2cc(C)c(C)s2)C1=O. The van der Waals surface area contributed by atoms with Crippen molar-refractivity contribution in [1.82, 2.24) is 10.2 Å². The Labute approximate surface area is 100 Å². The molecule has 0 saturated carbocycles. The summed E-state index contributed by atoms with van der Waals surface area (Å²) in [6.07, 6.45) is 0.929. The van der Waals surface area contributed by atoms with Crippen molar-refractivity contribution in [2.24, 2.45) is 0 Å². The van der Waals surface area contributed by atoms with Crippen molar-refractivity contribution in [3.8, 4) is 0 Å². The molecular formula is C12H18N2OS. The minimum Gasteiger partial charge on any atom is -0.336 e. The van der Waals surface area contributed by atoms with E-state index in [9.17, 15) is 4.79 Å². The first kappa shape index (κ1) is 11.6. The average molecular weight is 238 g/mol. The van der Waals surface area contributed by atoms with Crippen LogP contribution in [0, 0.1) is 13.8 Å². The summed E-state index contributed by atoms with van der Waals surface area (Å²) >= 11 is 1.80. The van der Waals surface area contributed by atoms with Crippen molar-refractivity contribution in [1.29, 1.82) is 0 Å². The quantitative estimate of drug-likeness (QED) is 0.869. The van der Waals surface area contributed by atoms with Crippen molar-refractivity contribution in [2.45, 2.75) is 32.9 Å². The number of likely N-dealkylation sites (N-methyl/N-ethyl adjacent to an activating group) is 1. The molecule has 4 heteroatoms. The van der Waals surface area contributed by atoms with E-state index in [1.165, 1.54) is 15.3 Å². The molecule has 0 bridgehead atoms. The lowest BCUT2D eigenvalue weighted by Crippen LogP contribution is -2.35. The second-order valence-electron chi connectivity index (χ2n) is 4.34. The summed E-state index contributed by atoms with van der Waals surface area (Å²) in [7, 11) is 1.85. The first-order valence-corrected chi connectivity index (χ1v) is 6.45. The molecule has 2 heterocycles. The highest BCUT2D eigenvalue weighted by Gasteiger charge is 2.30. The monoisotopic (exact) mass is 238 g/mol. The summed E-state index contributed by atoms with van der Waals surface area (Å²) < 4.78 is 0. The fraction of sp³-hybridized carbons (Fsp3) is 0.583. The van der Waals surface area contributed by atoms with Gasteiger partial charge in [-0.1, -0.05) is 0 Å². The van der Waals surface area contributed by atoms with Gasteiger partial charge in [0.05, 0.1) is 12.6 Å². The number of nitrogens with one attached hydrogen (secondary N) is 1. The zero-order valence-corrected chi connectivity index (χ0v) is 10.9. The van der Waals surface area contributed by atoms with Gasteiger partial charge >= 0.3 is 0 Å². The van der Waals surface area contributed by atoms with E-state index in [0.717, 1.165) is 19.5 Å². The molecular weight excluding hydrogens is 220 g/mol. The van der Waals surface area contributed by atoms with Crippen molar-refractivity contribution < 1.29 is 4.79 Å². The molecule has 0 aliphatic carbocycles. The van der Waals surface area contributed by atoms with Crippen LogP contribution in [-0.4, -0.2) is 30.4 Å². The molecule has 88 valence electrons. The number of rotatable bonds is 3. The number of amides is 1.